The van der Waals surface area contributed by atoms with Gasteiger partial charge < -0.3 is 18.5 Å². The molecule has 1 fully saturated rings. The number of imidazole rings is 1. The molecule has 0 saturated carbocycles. The average molecular weight is 393 g/mol. The highest BCUT2D eigenvalue weighted by molar-refractivity contribution is 5.81. The second-order valence-electron chi connectivity index (χ2n) is 7.37. The van der Waals surface area contributed by atoms with Gasteiger partial charge in [-0.15, -0.1) is 10.2 Å². The maximum Gasteiger partial charge on any atom is 0.252 e. The van der Waals surface area contributed by atoms with Gasteiger partial charge in [-0.3, -0.25) is 0 Å². The molecule has 5 heterocycles. The van der Waals surface area contributed by atoms with Gasteiger partial charge in [0, 0.05) is 44.9 Å². The van der Waals surface area contributed by atoms with Crippen LogP contribution in [0.1, 0.15) is 43.2 Å². The van der Waals surface area contributed by atoms with Crippen LogP contribution in [0.5, 0.6) is 0 Å². The zero-order valence-corrected chi connectivity index (χ0v) is 16.6. The molecule has 4 aromatic heterocycles. The summed E-state index contributed by atoms with van der Waals surface area (Å²) in [4.78, 5) is 19.7. The fourth-order valence-corrected chi connectivity index (χ4v) is 3.96. The van der Waals surface area contributed by atoms with Crippen LogP contribution in [0.2, 0.25) is 0 Å². The lowest BCUT2D eigenvalue weighted by Gasteiger charge is -2.32. The molecule has 1 saturated heterocycles. The van der Waals surface area contributed by atoms with E-state index in [1.807, 2.05) is 24.7 Å². The summed E-state index contributed by atoms with van der Waals surface area (Å²) in [5.74, 6) is 3.73. The monoisotopic (exact) mass is 393 g/mol. The van der Waals surface area contributed by atoms with Crippen molar-refractivity contribution in [3.05, 3.63) is 42.6 Å². The number of hydrogen-bond donors (Lipinski definition) is 0. The van der Waals surface area contributed by atoms with Gasteiger partial charge in [0.05, 0.1) is 12.9 Å². The van der Waals surface area contributed by atoms with Crippen LogP contribution in [0, 0.1) is 0 Å². The molecule has 0 aliphatic carbocycles. The van der Waals surface area contributed by atoms with Gasteiger partial charge in [-0.05, 0) is 12.8 Å². The number of aromatic nitrogens is 8. The van der Waals surface area contributed by atoms with Crippen LogP contribution in [0.4, 0.5) is 5.82 Å². The van der Waals surface area contributed by atoms with Crippen molar-refractivity contribution in [1.29, 1.82) is 0 Å². The number of oxazole rings is 1. The van der Waals surface area contributed by atoms with E-state index in [1.54, 1.807) is 18.9 Å². The van der Waals surface area contributed by atoms with Crippen LogP contribution in [0.3, 0.4) is 0 Å². The summed E-state index contributed by atoms with van der Waals surface area (Å²) in [7, 11) is 2.04. The van der Waals surface area contributed by atoms with Crippen LogP contribution < -0.4 is 4.90 Å². The van der Waals surface area contributed by atoms with Crippen LogP contribution in [0.25, 0.3) is 11.2 Å². The van der Waals surface area contributed by atoms with Gasteiger partial charge in [0.15, 0.2) is 23.0 Å². The Morgan fingerprint density at radius 3 is 3.00 bits per heavy atom. The first-order valence-corrected chi connectivity index (χ1v) is 9.92. The first-order chi connectivity index (χ1) is 14.2. The normalized spacial score (nSPS) is 17.3. The van der Waals surface area contributed by atoms with Crippen LogP contribution in [0.15, 0.2) is 29.5 Å². The summed E-state index contributed by atoms with van der Waals surface area (Å²) in [6.07, 6.45) is 9.90. The molecule has 29 heavy (non-hydrogen) atoms. The number of fused-ring (bicyclic) bond motifs is 1. The van der Waals surface area contributed by atoms with Gasteiger partial charge in [0.2, 0.25) is 0 Å². The van der Waals surface area contributed by atoms with Crippen molar-refractivity contribution >= 4 is 17.0 Å². The van der Waals surface area contributed by atoms with Gasteiger partial charge in [0.1, 0.15) is 12.2 Å². The number of hydrogen-bond acceptors (Lipinski definition) is 8. The Hall–Kier alpha value is -3.30. The zero-order chi connectivity index (χ0) is 19.8. The number of rotatable bonds is 5. The van der Waals surface area contributed by atoms with E-state index in [4.69, 9.17) is 4.42 Å². The Kier molecular flexibility index (Phi) is 4.45. The molecule has 0 unspecified atom stereocenters. The molecule has 0 bridgehead atoms. The standard InChI is InChI=1S/C19H23N9O/c1-3-15-23-16-18(21-11-22-19(16)29-15)28-7-4-5-13(9-28)17-25-24-14(26(17)2)10-27-8-6-20-12-27/h6,8,11-13H,3-5,7,9-10H2,1-2H3/t13-/m0/s1. The van der Waals surface area contributed by atoms with E-state index in [2.05, 4.69) is 39.6 Å². The van der Waals surface area contributed by atoms with Crippen molar-refractivity contribution in [2.45, 2.75) is 38.6 Å². The molecule has 10 heteroatoms. The Morgan fingerprint density at radius 2 is 2.17 bits per heavy atom. The second-order valence-corrected chi connectivity index (χ2v) is 7.37. The van der Waals surface area contributed by atoms with E-state index in [0.717, 1.165) is 55.3 Å². The fourth-order valence-electron chi connectivity index (χ4n) is 3.96. The van der Waals surface area contributed by atoms with E-state index in [-0.39, 0.29) is 5.92 Å². The van der Waals surface area contributed by atoms with Gasteiger partial charge in [-0.1, -0.05) is 6.92 Å². The molecule has 1 aliphatic heterocycles. The summed E-state index contributed by atoms with van der Waals surface area (Å²) < 4.78 is 9.81. The molecule has 10 nitrogen and oxygen atoms in total. The summed E-state index contributed by atoms with van der Waals surface area (Å²) in [5, 5.41) is 8.93. The predicted molar refractivity (Wildman–Crippen MR) is 105 cm³/mol. The third-order valence-electron chi connectivity index (χ3n) is 5.49. The highest BCUT2D eigenvalue weighted by Gasteiger charge is 2.28. The van der Waals surface area contributed by atoms with Crippen molar-refractivity contribution in [2.24, 2.45) is 7.05 Å². The van der Waals surface area contributed by atoms with E-state index < -0.39 is 0 Å². The summed E-state index contributed by atoms with van der Waals surface area (Å²) >= 11 is 0. The van der Waals surface area contributed by atoms with Crippen LogP contribution in [-0.2, 0) is 20.0 Å². The van der Waals surface area contributed by atoms with E-state index in [0.29, 0.717) is 18.1 Å². The minimum absolute atomic E-state index is 0.278. The SMILES string of the molecule is CCc1nc2c(N3CCC[C@H](c4nnc(Cn5ccnc5)n4C)C3)ncnc2o1. The van der Waals surface area contributed by atoms with Gasteiger partial charge >= 0.3 is 0 Å². The smallest absolute Gasteiger partial charge is 0.252 e. The molecular weight excluding hydrogens is 370 g/mol. The van der Waals surface area contributed by atoms with Gasteiger partial charge in [0.25, 0.3) is 5.71 Å². The summed E-state index contributed by atoms with van der Waals surface area (Å²) in [5.41, 5.74) is 1.29. The lowest BCUT2D eigenvalue weighted by atomic mass is 9.97. The van der Waals surface area contributed by atoms with E-state index >= 15 is 0 Å². The molecule has 5 rings (SSSR count). The van der Waals surface area contributed by atoms with Crippen LogP contribution in [-0.4, -0.2) is 52.4 Å². The number of nitrogens with zero attached hydrogens (tertiary/aromatic N) is 9. The third-order valence-corrected chi connectivity index (χ3v) is 5.49. The lowest BCUT2D eigenvalue weighted by molar-refractivity contribution is 0.476. The van der Waals surface area contributed by atoms with E-state index in [1.165, 1.54) is 0 Å². The average Bonchev–Trinajstić information content (AvgIpc) is 3.48. The lowest BCUT2D eigenvalue weighted by Crippen LogP contribution is -2.36. The minimum atomic E-state index is 0.278. The van der Waals surface area contributed by atoms with E-state index in [9.17, 15) is 0 Å². The third kappa shape index (κ3) is 3.24. The van der Waals surface area contributed by atoms with Crippen molar-refractivity contribution < 1.29 is 4.42 Å². The maximum atomic E-state index is 5.71. The molecule has 0 aromatic carbocycles. The number of piperidine rings is 1. The molecule has 0 spiro atoms. The summed E-state index contributed by atoms with van der Waals surface area (Å²) in [6, 6.07) is 0. The van der Waals surface area contributed by atoms with Crippen molar-refractivity contribution in [3.8, 4) is 0 Å². The van der Waals surface area contributed by atoms with Crippen molar-refractivity contribution in [1.82, 2.24) is 39.3 Å². The first kappa shape index (κ1) is 17.8. The van der Waals surface area contributed by atoms with Gasteiger partial charge in [-0.2, -0.15) is 4.98 Å². The number of aryl methyl sites for hydroxylation is 1. The largest absolute Gasteiger partial charge is 0.422 e. The van der Waals surface area contributed by atoms with Crippen molar-refractivity contribution in [2.75, 3.05) is 18.0 Å². The molecule has 0 amide bonds. The molecule has 150 valence electrons. The maximum absolute atomic E-state index is 5.71. The molecular formula is C19H23N9O. The summed E-state index contributed by atoms with van der Waals surface area (Å²) in [6.45, 7) is 4.42. The predicted octanol–water partition coefficient (Wildman–Crippen LogP) is 1.94. The van der Waals surface area contributed by atoms with Crippen molar-refractivity contribution in [3.63, 3.8) is 0 Å². The zero-order valence-electron chi connectivity index (χ0n) is 16.6. The molecule has 4 aromatic rings. The quantitative estimate of drug-likeness (QED) is 0.507. The Morgan fingerprint density at radius 1 is 1.24 bits per heavy atom. The topological polar surface area (TPSA) is 104 Å². The molecule has 1 aliphatic rings. The highest BCUT2D eigenvalue weighted by Crippen LogP contribution is 2.31. The molecule has 0 N–H and O–H groups in total. The highest BCUT2D eigenvalue weighted by atomic mass is 16.4. The Balaban J connectivity index is 1.40. The number of anilines is 1. The minimum Gasteiger partial charge on any atom is -0.422 e. The molecule has 0 radical (unpaired) electrons. The Labute approximate surface area is 167 Å². The van der Waals surface area contributed by atoms with Crippen LogP contribution >= 0.6 is 0 Å². The molecule has 1 atom stereocenters. The second kappa shape index (κ2) is 7.26. The first-order valence-electron chi connectivity index (χ1n) is 9.92. The fraction of sp³-hybridized carbons (Fsp3) is 0.474. The van der Waals surface area contributed by atoms with Gasteiger partial charge in [-0.25, -0.2) is 15.0 Å². The Bertz CT molecular complexity index is 1110.